The summed E-state index contributed by atoms with van der Waals surface area (Å²) in [5, 5.41) is 13.9. The average molecular weight is 267 g/mol. The van der Waals surface area contributed by atoms with E-state index in [1.807, 2.05) is 18.2 Å². The van der Waals surface area contributed by atoms with Gasteiger partial charge in [-0.05, 0) is 49.4 Å². The molecule has 1 saturated carbocycles. The Kier molecular flexibility index (Phi) is 4.03. The molecule has 1 aromatic heterocycles. The summed E-state index contributed by atoms with van der Waals surface area (Å²) in [5.41, 5.74) is 1.91. The molecule has 3 nitrogen and oxygen atoms in total. The quantitative estimate of drug-likeness (QED) is 0.843. The fourth-order valence-electron chi connectivity index (χ4n) is 3.13. The zero-order valence-corrected chi connectivity index (χ0v) is 11.8. The summed E-state index contributed by atoms with van der Waals surface area (Å²) >= 11 is 0. The van der Waals surface area contributed by atoms with Crippen LogP contribution in [-0.2, 0) is 6.54 Å². The highest BCUT2D eigenvalue weighted by molar-refractivity contribution is 5.81. The molecule has 2 aromatic rings. The van der Waals surface area contributed by atoms with Gasteiger partial charge in [-0.15, -0.1) is 0 Å². The van der Waals surface area contributed by atoms with Crippen LogP contribution < -0.4 is 5.32 Å². The number of aromatic nitrogens is 1. The van der Waals surface area contributed by atoms with Crippen molar-refractivity contribution < 1.29 is 0 Å². The third-order valence-corrected chi connectivity index (χ3v) is 4.27. The molecule has 0 bridgehead atoms. The first-order valence-electron chi connectivity index (χ1n) is 7.59. The number of fused-ring (bicyclic) bond motifs is 1. The predicted octanol–water partition coefficient (Wildman–Crippen LogP) is 3.44. The molecule has 0 saturated heterocycles. The Morgan fingerprint density at radius 2 is 2.10 bits per heavy atom. The molecule has 20 heavy (non-hydrogen) atoms. The number of hydrogen-bond donors (Lipinski definition) is 1. The van der Waals surface area contributed by atoms with Gasteiger partial charge in [-0.1, -0.05) is 18.9 Å². The van der Waals surface area contributed by atoms with Gasteiger partial charge in [-0.2, -0.15) is 5.26 Å². The number of nitrogens with zero attached hydrogens (tertiary/aromatic N) is 2. The number of rotatable bonds is 5. The van der Waals surface area contributed by atoms with E-state index < -0.39 is 0 Å². The lowest BCUT2D eigenvalue weighted by Gasteiger charge is -2.12. The Balaban J connectivity index is 1.58. The van der Waals surface area contributed by atoms with E-state index >= 15 is 0 Å². The van der Waals surface area contributed by atoms with Crippen LogP contribution in [0.4, 0.5) is 0 Å². The summed E-state index contributed by atoms with van der Waals surface area (Å²) in [7, 11) is 0. The van der Waals surface area contributed by atoms with Crippen LogP contribution in [0.15, 0.2) is 30.5 Å². The molecule has 1 fully saturated rings. The maximum atomic E-state index is 8.99. The van der Waals surface area contributed by atoms with E-state index in [0.29, 0.717) is 0 Å². The van der Waals surface area contributed by atoms with Crippen molar-refractivity contribution in [1.82, 2.24) is 9.88 Å². The van der Waals surface area contributed by atoms with Crippen molar-refractivity contribution in [2.45, 2.75) is 44.7 Å². The van der Waals surface area contributed by atoms with Crippen LogP contribution in [0.25, 0.3) is 10.9 Å². The Hall–Kier alpha value is -1.79. The summed E-state index contributed by atoms with van der Waals surface area (Å²) in [6.07, 6.45) is 8.72. The van der Waals surface area contributed by atoms with Crippen molar-refractivity contribution >= 4 is 10.9 Å². The fourth-order valence-corrected chi connectivity index (χ4v) is 3.13. The Labute approximate surface area is 120 Å². The molecule has 3 rings (SSSR count). The average Bonchev–Trinajstić information content (AvgIpc) is 3.13. The number of aryl methyl sites for hydroxylation is 1. The molecular formula is C17H21N3. The minimum atomic E-state index is 0.738. The molecule has 1 aromatic carbocycles. The first kappa shape index (κ1) is 13.2. The summed E-state index contributed by atoms with van der Waals surface area (Å²) < 4.78 is 2.26. The van der Waals surface area contributed by atoms with E-state index in [1.54, 1.807) is 0 Å². The number of nitriles is 1. The first-order chi connectivity index (χ1) is 9.86. The number of nitrogens with one attached hydrogen (secondary N) is 1. The van der Waals surface area contributed by atoms with Gasteiger partial charge < -0.3 is 9.88 Å². The standard InChI is InChI=1S/C17H21N3/c18-13-14-6-7-15-8-11-20(17(15)12-14)10-3-9-19-16-4-1-2-5-16/h6-8,11-12,16,19H,1-5,9-10H2. The van der Waals surface area contributed by atoms with Crippen LogP contribution in [0.1, 0.15) is 37.7 Å². The van der Waals surface area contributed by atoms with Crippen molar-refractivity contribution in [3.05, 3.63) is 36.0 Å². The summed E-state index contributed by atoms with van der Waals surface area (Å²) in [6, 6.07) is 11.0. The van der Waals surface area contributed by atoms with Gasteiger partial charge in [0.15, 0.2) is 0 Å². The van der Waals surface area contributed by atoms with Gasteiger partial charge in [-0.3, -0.25) is 0 Å². The normalized spacial score (nSPS) is 15.8. The maximum Gasteiger partial charge on any atom is 0.0992 e. The Morgan fingerprint density at radius 3 is 2.90 bits per heavy atom. The van der Waals surface area contributed by atoms with Crippen molar-refractivity contribution in [2.24, 2.45) is 0 Å². The van der Waals surface area contributed by atoms with Crippen LogP contribution in [0.2, 0.25) is 0 Å². The molecule has 0 atom stereocenters. The smallest absolute Gasteiger partial charge is 0.0992 e. The van der Waals surface area contributed by atoms with Gasteiger partial charge in [0, 0.05) is 24.3 Å². The van der Waals surface area contributed by atoms with Gasteiger partial charge in [0.1, 0.15) is 0 Å². The second-order valence-corrected chi connectivity index (χ2v) is 5.68. The molecule has 0 unspecified atom stereocenters. The third kappa shape index (κ3) is 2.86. The summed E-state index contributed by atoms with van der Waals surface area (Å²) in [5.74, 6) is 0. The third-order valence-electron chi connectivity index (χ3n) is 4.27. The minimum Gasteiger partial charge on any atom is -0.347 e. The highest BCUT2D eigenvalue weighted by Crippen LogP contribution is 2.19. The van der Waals surface area contributed by atoms with E-state index in [0.717, 1.165) is 31.1 Å². The lowest BCUT2D eigenvalue weighted by Crippen LogP contribution is -2.27. The molecule has 1 N–H and O–H groups in total. The topological polar surface area (TPSA) is 40.8 Å². The van der Waals surface area contributed by atoms with Gasteiger partial charge in [0.25, 0.3) is 0 Å². The largest absolute Gasteiger partial charge is 0.347 e. The van der Waals surface area contributed by atoms with Gasteiger partial charge in [0.05, 0.1) is 11.6 Å². The van der Waals surface area contributed by atoms with Gasteiger partial charge >= 0.3 is 0 Å². The Bertz CT molecular complexity index is 615. The van der Waals surface area contributed by atoms with E-state index in [-0.39, 0.29) is 0 Å². The second kappa shape index (κ2) is 6.11. The second-order valence-electron chi connectivity index (χ2n) is 5.68. The van der Waals surface area contributed by atoms with Crippen molar-refractivity contribution in [3.63, 3.8) is 0 Å². The van der Waals surface area contributed by atoms with Crippen molar-refractivity contribution in [2.75, 3.05) is 6.54 Å². The molecule has 1 heterocycles. The van der Waals surface area contributed by atoms with Crippen LogP contribution in [0, 0.1) is 11.3 Å². The summed E-state index contributed by atoms with van der Waals surface area (Å²) in [4.78, 5) is 0. The molecule has 0 amide bonds. The van der Waals surface area contributed by atoms with Crippen LogP contribution in [0.5, 0.6) is 0 Å². The zero-order valence-electron chi connectivity index (χ0n) is 11.8. The van der Waals surface area contributed by atoms with Crippen LogP contribution in [-0.4, -0.2) is 17.2 Å². The van der Waals surface area contributed by atoms with Gasteiger partial charge in [-0.25, -0.2) is 0 Å². The van der Waals surface area contributed by atoms with E-state index in [1.165, 1.54) is 36.6 Å². The lowest BCUT2D eigenvalue weighted by atomic mass is 10.2. The fraction of sp³-hybridized carbons (Fsp3) is 0.471. The zero-order chi connectivity index (χ0) is 13.8. The SMILES string of the molecule is N#Cc1ccc2ccn(CCCNC3CCCC3)c2c1. The monoisotopic (exact) mass is 267 g/mol. The maximum absolute atomic E-state index is 8.99. The van der Waals surface area contributed by atoms with E-state index in [2.05, 4.69) is 28.2 Å². The highest BCUT2D eigenvalue weighted by Gasteiger charge is 2.13. The van der Waals surface area contributed by atoms with Crippen molar-refractivity contribution in [3.8, 4) is 6.07 Å². The van der Waals surface area contributed by atoms with Crippen LogP contribution in [0.3, 0.4) is 0 Å². The first-order valence-corrected chi connectivity index (χ1v) is 7.59. The van der Waals surface area contributed by atoms with Crippen LogP contribution >= 0.6 is 0 Å². The van der Waals surface area contributed by atoms with Crippen molar-refractivity contribution in [1.29, 1.82) is 5.26 Å². The van der Waals surface area contributed by atoms with E-state index in [9.17, 15) is 0 Å². The molecular weight excluding hydrogens is 246 g/mol. The molecule has 104 valence electrons. The highest BCUT2D eigenvalue weighted by atomic mass is 15.0. The minimum absolute atomic E-state index is 0.738. The van der Waals surface area contributed by atoms with Gasteiger partial charge in [0.2, 0.25) is 0 Å². The van der Waals surface area contributed by atoms with E-state index in [4.69, 9.17) is 5.26 Å². The molecule has 1 aliphatic carbocycles. The predicted molar refractivity (Wildman–Crippen MR) is 81.5 cm³/mol. The molecule has 0 spiro atoms. The number of benzene rings is 1. The lowest BCUT2D eigenvalue weighted by molar-refractivity contribution is 0.498. The summed E-state index contributed by atoms with van der Waals surface area (Å²) in [6.45, 7) is 2.10. The number of hydrogen-bond acceptors (Lipinski definition) is 2. The molecule has 1 aliphatic rings. The Morgan fingerprint density at radius 1 is 1.25 bits per heavy atom. The molecule has 0 aliphatic heterocycles. The molecule has 0 radical (unpaired) electrons. The molecule has 3 heteroatoms.